The number of nitrogens with zero attached hydrogens (tertiary/aromatic N) is 2. The number of halogens is 2. The highest BCUT2D eigenvalue weighted by molar-refractivity contribution is 5.04. The van der Waals surface area contributed by atoms with Crippen LogP contribution in [-0.2, 0) is 6.54 Å². The van der Waals surface area contributed by atoms with Crippen molar-refractivity contribution in [3.63, 3.8) is 0 Å². The largest absolute Gasteiger partial charge is 0.394 e. The summed E-state index contributed by atoms with van der Waals surface area (Å²) in [6.07, 6.45) is 0.208. The fraction of sp³-hybridized carbons (Fsp3) is 0.571. The first-order valence-corrected chi connectivity index (χ1v) is 3.79. The van der Waals surface area contributed by atoms with Crippen LogP contribution in [0.2, 0.25) is 0 Å². The summed E-state index contributed by atoms with van der Waals surface area (Å²) in [5, 5.41) is 8.71. The first-order chi connectivity index (χ1) is 6.15. The van der Waals surface area contributed by atoms with Gasteiger partial charge in [-0.2, -0.15) is 0 Å². The van der Waals surface area contributed by atoms with Crippen molar-refractivity contribution in [3.8, 4) is 0 Å². The van der Waals surface area contributed by atoms with Crippen molar-refractivity contribution in [1.29, 1.82) is 0 Å². The molecule has 13 heavy (non-hydrogen) atoms. The van der Waals surface area contributed by atoms with Crippen LogP contribution >= 0.6 is 0 Å². The Morgan fingerprint density at radius 1 is 1.62 bits per heavy atom. The Balaban J connectivity index is 2.76. The number of rotatable bonds is 4. The quantitative estimate of drug-likeness (QED) is 0.711. The van der Waals surface area contributed by atoms with Crippen LogP contribution in [0.4, 0.5) is 8.78 Å². The molecule has 4 nitrogen and oxygen atoms in total. The van der Waals surface area contributed by atoms with Crippen molar-refractivity contribution in [2.75, 3.05) is 6.61 Å². The molecule has 0 aliphatic carbocycles. The van der Waals surface area contributed by atoms with E-state index in [4.69, 9.17) is 10.8 Å². The SMILES string of the molecule is NC(CO)c1cncn1CC(F)F. The third-order valence-corrected chi connectivity index (χ3v) is 1.66. The topological polar surface area (TPSA) is 64.1 Å². The van der Waals surface area contributed by atoms with Crippen LogP contribution in [0.25, 0.3) is 0 Å². The second-order valence-electron chi connectivity index (χ2n) is 2.65. The molecule has 1 atom stereocenters. The van der Waals surface area contributed by atoms with E-state index in [0.29, 0.717) is 5.69 Å². The summed E-state index contributed by atoms with van der Waals surface area (Å²) in [6, 6.07) is -0.652. The zero-order valence-corrected chi connectivity index (χ0v) is 6.90. The number of aromatic nitrogens is 2. The minimum absolute atomic E-state index is 0.283. The second kappa shape index (κ2) is 4.29. The van der Waals surface area contributed by atoms with E-state index in [1.165, 1.54) is 17.1 Å². The number of imidazole rings is 1. The van der Waals surface area contributed by atoms with E-state index in [-0.39, 0.29) is 6.61 Å². The molecule has 1 unspecified atom stereocenters. The van der Waals surface area contributed by atoms with Gasteiger partial charge in [0.05, 0.1) is 31.2 Å². The van der Waals surface area contributed by atoms with E-state index in [1.807, 2.05) is 0 Å². The molecule has 0 radical (unpaired) electrons. The molecule has 0 aliphatic rings. The fourth-order valence-electron chi connectivity index (χ4n) is 1.03. The minimum Gasteiger partial charge on any atom is -0.394 e. The van der Waals surface area contributed by atoms with Gasteiger partial charge in [-0.1, -0.05) is 0 Å². The maximum absolute atomic E-state index is 12.0. The summed E-state index contributed by atoms with van der Waals surface area (Å²) >= 11 is 0. The van der Waals surface area contributed by atoms with Crippen molar-refractivity contribution >= 4 is 0 Å². The summed E-state index contributed by atoms with van der Waals surface area (Å²) in [4.78, 5) is 3.68. The molecule has 1 heterocycles. The zero-order chi connectivity index (χ0) is 9.84. The minimum atomic E-state index is -2.45. The van der Waals surface area contributed by atoms with E-state index in [1.54, 1.807) is 0 Å². The Hall–Kier alpha value is -1.01. The van der Waals surface area contributed by atoms with Crippen molar-refractivity contribution < 1.29 is 13.9 Å². The molecule has 0 aliphatic heterocycles. The Morgan fingerprint density at radius 2 is 2.31 bits per heavy atom. The Bertz CT molecular complexity index is 264. The van der Waals surface area contributed by atoms with Crippen LogP contribution in [0.3, 0.4) is 0 Å². The summed E-state index contributed by atoms with van der Waals surface area (Å²) in [6.45, 7) is -0.724. The van der Waals surface area contributed by atoms with Gasteiger partial charge in [-0.25, -0.2) is 13.8 Å². The Kier molecular flexibility index (Phi) is 3.32. The van der Waals surface area contributed by atoms with Crippen molar-refractivity contribution in [2.45, 2.75) is 19.0 Å². The molecule has 0 amide bonds. The third kappa shape index (κ3) is 2.46. The predicted octanol–water partition coefficient (Wildman–Crippen LogP) is 0.140. The molecule has 74 valence electrons. The predicted molar refractivity (Wildman–Crippen MR) is 42.2 cm³/mol. The van der Waals surface area contributed by atoms with Gasteiger partial charge in [0.25, 0.3) is 6.43 Å². The highest BCUT2D eigenvalue weighted by atomic mass is 19.3. The lowest BCUT2D eigenvalue weighted by atomic mass is 10.2. The van der Waals surface area contributed by atoms with Gasteiger partial charge in [-0.15, -0.1) is 0 Å². The monoisotopic (exact) mass is 191 g/mol. The van der Waals surface area contributed by atoms with Crippen LogP contribution in [0, 0.1) is 0 Å². The molecule has 0 saturated carbocycles. The van der Waals surface area contributed by atoms with E-state index in [9.17, 15) is 8.78 Å². The number of alkyl halides is 2. The Labute approximate surface area is 74.0 Å². The lowest BCUT2D eigenvalue weighted by Gasteiger charge is -2.11. The van der Waals surface area contributed by atoms with Gasteiger partial charge in [-0.3, -0.25) is 0 Å². The molecule has 0 fully saturated rings. The number of nitrogens with two attached hydrogens (primary N) is 1. The van der Waals surface area contributed by atoms with E-state index in [0.717, 1.165) is 0 Å². The molecule has 0 aromatic carbocycles. The third-order valence-electron chi connectivity index (χ3n) is 1.66. The van der Waals surface area contributed by atoms with E-state index < -0.39 is 19.0 Å². The van der Waals surface area contributed by atoms with Gasteiger partial charge >= 0.3 is 0 Å². The Morgan fingerprint density at radius 3 is 2.85 bits per heavy atom. The maximum Gasteiger partial charge on any atom is 0.256 e. The summed E-state index contributed by atoms with van der Waals surface area (Å²) in [5.41, 5.74) is 5.88. The van der Waals surface area contributed by atoms with E-state index >= 15 is 0 Å². The first kappa shape index (κ1) is 10.1. The lowest BCUT2D eigenvalue weighted by molar-refractivity contribution is 0.124. The molecular weight excluding hydrogens is 180 g/mol. The normalized spacial score (nSPS) is 13.6. The molecule has 0 spiro atoms. The first-order valence-electron chi connectivity index (χ1n) is 3.79. The molecular formula is C7H11F2N3O. The number of hydrogen-bond donors (Lipinski definition) is 2. The van der Waals surface area contributed by atoms with Gasteiger partial charge in [0.1, 0.15) is 0 Å². The average Bonchev–Trinajstić information content (AvgIpc) is 2.50. The van der Waals surface area contributed by atoms with Crippen LogP contribution in [0.5, 0.6) is 0 Å². The molecule has 1 aromatic heterocycles. The van der Waals surface area contributed by atoms with Gasteiger partial charge in [-0.05, 0) is 0 Å². The van der Waals surface area contributed by atoms with E-state index in [2.05, 4.69) is 4.98 Å². The maximum atomic E-state index is 12.0. The standard InChI is InChI=1S/C7H11F2N3O/c8-7(9)2-12-4-11-1-6(12)5(10)3-13/h1,4-5,7,13H,2-3,10H2. The van der Waals surface area contributed by atoms with Gasteiger partial charge in [0, 0.05) is 6.20 Å². The van der Waals surface area contributed by atoms with Crippen molar-refractivity contribution in [3.05, 3.63) is 18.2 Å². The summed E-state index contributed by atoms with van der Waals surface area (Å²) < 4.78 is 25.2. The number of aliphatic hydroxyl groups is 1. The van der Waals surface area contributed by atoms with Crippen molar-refractivity contribution in [1.82, 2.24) is 9.55 Å². The molecule has 1 rings (SSSR count). The molecule has 0 bridgehead atoms. The van der Waals surface area contributed by atoms with Gasteiger partial charge in [0.2, 0.25) is 0 Å². The van der Waals surface area contributed by atoms with Crippen LogP contribution in [0.1, 0.15) is 11.7 Å². The van der Waals surface area contributed by atoms with Crippen LogP contribution in [-0.4, -0.2) is 27.7 Å². The lowest BCUT2D eigenvalue weighted by Crippen LogP contribution is -2.20. The summed E-state index contributed by atoms with van der Waals surface area (Å²) in [5.74, 6) is 0. The highest BCUT2D eigenvalue weighted by Gasteiger charge is 2.13. The van der Waals surface area contributed by atoms with Gasteiger partial charge in [0.15, 0.2) is 0 Å². The number of hydrogen-bond acceptors (Lipinski definition) is 3. The summed E-state index contributed by atoms with van der Waals surface area (Å²) in [7, 11) is 0. The smallest absolute Gasteiger partial charge is 0.256 e. The molecule has 6 heteroatoms. The number of aliphatic hydroxyl groups excluding tert-OH is 1. The zero-order valence-electron chi connectivity index (χ0n) is 6.90. The average molecular weight is 191 g/mol. The highest BCUT2D eigenvalue weighted by Crippen LogP contribution is 2.10. The van der Waals surface area contributed by atoms with Crippen LogP contribution in [0.15, 0.2) is 12.5 Å². The van der Waals surface area contributed by atoms with Crippen LogP contribution < -0.4 is 5.73 Å². The molecule has 0 saturated heterocycles. The van der Waals surface area contributed by atoms with Crippen molar-refractivity contribution in [2.24, 2.45) is 5.73 Å². The second-order valence-corrected chi connectivity index (χ2v) is 2.65. The molecule has 3 N–H and O–H groups in total. The fourth-order valence-corrected chi connectivity index (χ4v) is 1.03. The van der Waals surface area contributed by atoms with Gasteiger partial charge < -0.3 is 15.4 Å². The molecule has 1 aromatic rings.